The van der Waals surface area contributed by atoms with Crippen LogP contribution in [0.4, 0.5) is 5.69 Å². The lowest BCUT2D eigenvalue weighted by atomic mass is 9.83. The van der Waals surface area contributed by atoms with Crippen LogP contribution in [0.2, 0.25) is 0 Å². The van der Waals surface area contributed by atoms with E-state index in [1.165, 1.54) is 13.2 Å². The number of amides is 1. The van der Waals surface area contributed by atoms with Crippen LogP contribution in [0.1, 0.15) is 31.8 Å². The number of benzene rings is 2. The highest BCUT2D eigenvalue weighted by molar-refractivity contribution is 6.30. The van der Waals surface area contributed by atoms with E-state index in [2.05, 4.69) is 10.1 Å². The van der Waals surface area contributed by atoms with Gasteiger partial charge in [-0.1, -0.05) is 36.4 Å². The van der Waals surface area contributed by atoms with Crippen LogP contribution in [-0.4, -0.2) is 43.8 Å². The van der Waals surface area contributed by atoms with Gasteiger partial charge in [0, 0.05) is 23.8 Å². The molecule has 0 saturated heterocycles. The molecule has 2 aromatic rings. The smallest absolute Gasteiger partial charge is 0.332 e. The Balaban J connectivity index is 1.85. The van der Waals surface area contributed by atoms with E-state index in [1.807, 2.05) is 0 Å². The van der Waals surface area contributed by atoms with Crippen LogP contribution in [-0.2, 0) is 19.1 Å². The van der Waals surface area contributed by atoms with Crippen LogP contribution < -0.4 is 5.32 Å². The van der Waals surface area contributed by atoms with Gasteiger partial charge in [-0.3, -0.25) is 14.4 Å². The van der Waals surface area contributed by atoms with Crippen LogP contribution in [0.3, 0.4) is 0 Å². The predicted octanol–water partition coefficient (Wildman–Crippen LogP) is 1.59. The van der Waals surface area contributed by atoms with Gasteiger partial charge in [0.25, 0.3) is 5.91 Å². The molecular formula is C19H15NO6. The number of methoxy groups -OCH3 is 1. The van der Waals surface area contributed by atoms with Gasteiger partial charge in [0.2, 0.25) is 0 Å². The molecule has 3 rings (SSSR count). The van der Waals surface area contributed by atoms with Crippen molar-refractivity contribution in [2.45, 2.75) is 0 Å². The second-order valence-electron chi connectivity index (χ2n) is 5.57. The van der Waals surface area contributed by atoms with Gasteiger partial charge in [-0.05, 0) is 6.07 Å². The average molecular weight is 353 g/mol. The summed E-state index contributed by atoms with van der Waals surface area (Å²) in [6, 6.07) is 11.2. The molecule has 1 aliphatic carbocycles. The van der Waals surface area contributed by atoms with E-state index in [9.17, 15) is 19.2 Å². The van der Waals surface area contributed by atoms with Crippen LogP contribution in [0.15, 0.2) is 42.5 Å². The summed E-state index contributed by atoms with van der Waals surface area (Å²) in [5.74, 6) is -1.93. The minimum Gasteiger partial charge on any atom is -0.454 e. The first-order valence-electron chi connectivity index (χ1n) is 7.78. The molecular weight excluding hydrogens is 338 g/mol. The Bertz CT molecular complexity index is 918. The Morgan fingerprint density at radius 3 is 2.23 bits per heavy atom. The molecule has 0 fully saturated rings. The summed E-state index contributed by atoms with van der Waals surface area (Å²) in [6.07, 6.45) is 0. The number of rotatable bonds is 5. The Morgan fingerprint density at radius 2 is 1.54 bits per heavy atom. The van der Waals surface area contributed by atoms with Crippen molar-refractivity contribution in [3.05, 3.63) is 64.7 Å². The molecule has 0 aliphatic heterocycles. The number of carbonyl (C=O) groups is 4. The average Bonchev–Trinajstić information content (AvgIpc) is 2.64. The van der Waals surface area contributed by atoms with E-state index >= 15 is 0 Å². The molecule has 1 aliphatic rings. The minimum absolute atomic E-state index is 0.132. The van der Waals surface area contributed by atoms with Crippen LogP contribution in [0, 0.1) is 0 Å². The SMILES string of the molecule is COCC(=O)OCC(=O)Nc1cccc2c1C(=O)c1ccccc1C2=O. The van der Waals surface area contributed by atoms with Crippen molar-refractivity contribution in [2.24, 2.45) is 0 Å². The summed E-state index contributed by atoms with van der Waals surface area (Å²) in [7, 11) is 1.33. The quantitative estimate of drug-likeness (QED) is 0.700. The number of anilines is 1. The zero-order valence-electron chi connectivity index (χ0n) is 13.9. The van der Waals surface area contributed by atoms with E-state index in [0.29, 0.717) is 11.1 Å². The van der Waals surface area contributed by atoms with Gasteiger partial charge in [-0.15, -0.1) is 0 Å². The normalized spacial score (nSPS) is 12.2. The van der Waals surface area contributed by atoms with Gasteiger partial charge >= 0.3 is 5.97 Å². The summed E-state index contributed by atoms with van der Waals surface area (Å²) in [4.78, 5) is 48.7. The van der Waals surface area contributed by atoms with Gasteiger partial charge in [0.15, 0.2) is 18.2 Å². The predicted molar refractivity (Wildman–Crippen MR) is 91.2 cm³/mol. The molecule has 0 saturated carbocycles. The Morgan fingerprint density at radius 1 is 0.885 bits per heavy atom. The number of carbonyl (C=O) groups excluding carboxylic acids is 4. The molecule has 0 radical (unpaired) electrons. The zero-order chi connectivity index (χ0) is 18.7. The molecule has 7 heteroatoms. The van der Waals surface area contributed by atoms with Crippen LogP contribution >= 0.6 is 0 Å². The molecule has 0 atom stereocenters. The van der Waals surface area contributed by atoms with Crippen molar-refractivity contribution in [3.8, 4) is 0 Å². The third-order valence-corrected chi connectivity index (χ3v) is 3.85. The maximum absolute atomic E-state index is 12.8. The highest BCUT2D eigenvalue weighted by Gasteiger charge is 2.31. The van der Waals surface area contributed by atoms with E-state index in [0.717, 1.165) is 0 Å². The minimum atomic E-state index is -0.682. The van der Waals surface area contributed by atoms with E-state index in [-0.39, 0.29) is 35.0 Å². The first-order valence-corrected chi connectivity index (χ1v) is 7.78. The first-order chi connectivity index (χ1) is 12.5. The maximum atomic E-state index is 12.8. The summed E-state index contributed by atoms with van der Waals surface area (Å²) in [5, 5.41) is 2.52. The molecule has 0 spiro atoms. The standard InChI is InChI=1S/C19H15NO6/c1-25-10-16(22)26-9-15(21)20-14-8-4-7-13-17(14)19(24)12-6-3-2-5-11(12)18(13)23/h2-8H,9-10H2,1H3,(H,20,21). The van der Waals surface area contributed by atoms with Crippen LogP contribution in [0.5, 0.6) is 0 Å². The van der Waals surface area contributed by atoms with E-state index in [4.69, 9.17) is 4.74 Å². The number of hydrogen-bond acceptors (Lipinski definition) is 6. The molecule has 7 nitrogen and oxygen atoms in total. The topological polar surface area (TPSA) is 98.8 Å². The second kappa shape index (κ2) is 7.28. The van der Waals surface area contributed by atoms with Crippen molar-refractivity contribution in [1.82, 2.24) is 0 Å². The molecule has 0 aromatic heterocycles. The third kappa shape index (κ3) is 3.25. The number of esters is 1. The molecule has 1 N–H and O–H groups in total. The Kier molecular flexibility index (Phi) is 4.90. The summed E-state index contributed by atoms with van der Waals surface area (Å²) in [6.45, 7) is -0.789. The Labute approximate surface area is 148 Å². The maximum Gasteiger partial charge on any atom is 0.332 e. The molecule has 2 aromatic carbocycles. The summed E-state index contributed by atoms with van der Waals surface area (Å²) < 4.78 is 9.34. The molecule has 1 amide bonds. The van der Waals surface area contributed by atoms with E-state index in [1.54, 1.807) is 36.4 Å². The third-order valence-electron chi connectivity index (χ3n) is 3.85. The fourth-order valence-corrected chi connectivity index (χ4v) is 2.74. The summed E-state index contributed by atoms with van der Waals surface area (Å²) >= 11 is 0. The van der Waals surface area contributed by atoms with Crippen LogP contribution in [0.25, 0.3) is 0 Å². The lowest BCUT2D eigenvalue weighted by molar-refractivity contribution is -0.150. The highest BCUT2D eigenvalue weighted by atomic mass is 16.6. The molecule has 26 heavy (non-hydrogen) atoms. The number of hydrogen-bond donors (Lipinski definition) is 1. The zero-order valence-corrected chi connectivity index (χ0v) is 13.9. The van der Waals surface area contributed by atoms with Crippen molar-refractivity contribution < 1.29 is 28.7 Å². The second-order valence-corrected chi connectivity index (χ2v) is 5.57. The number of ether oxygens (including phenoxy) is 2. The van der Waals surface area contributed by atoms with Gasteiger partial charge in [-0.2, -0.15) is 0 Å². The summed E-state index contributed by atoms with van der Waals surface area (Å²) in [5.41, 5.74) is 1.18. The van der Waals surface area contributed by atoms with Gasteiger partial charge in [-0.25, -0.2) is 4.79 Å². The van der Waals surface area contributed by atoms with Gasteiger partial charge in [0.1, 0.15) is 6.61 Å². The number of nitrogens with one attached hydrogen (secondary N) is 1. The first kappa shape index (κ1) is 17.5. The number of fused-ring (bicyclic) bond motifs is 2. The molecule has 0 bridgehead atoms. The number of ketones is 2. The molecule has 0 heterocycles. The van der Waals surface area contributed by atoms with Gasteiger partial charge < -0.3 is 14.8 Å². The van der Waals surface area contributed by atoms with Crippen molar-refractivity contribution >= 4 is 29.1 Å². The lowest BCUT2D eigenvalue weighted by Gasteiger charge is -2.20. The monoisotopic (exact) mass is 353 g/mol. The fraction of sp³-hybridized carbons (Fsp3) is 0.158. The molecule has 132 valence electrons. The fourth-order valence-electron chi connectivity index (χ4n) is 2.74. The van der Waals surface area contributed by atoms with Gasteiger partial charge in [0.05, 0.1) is 11.3 Å². The molecule has 0 unspecified atom stereocenters. The van der Waals surface area contributed by atoms with Crippen molar-refractivity contribution in [1.29, 1.82) is 0 Å². The lowest BCUT2D eigenvalue weighted by Crippen LogP contribution is -2.26. The van der Waals surface area contributed by atoms with E-state index < -0.39 is 18.5 Å². The Hall–Kier alpha value is -3.32. The largest absolute Gasteiger partial charge is 0.454 e. The van der Waals surface area contributed by atoms with Crippen molar-refractivity contribution in [2.75, 3.05) is 25.6 Å². The van der Waals surface area contributed by atoms with Crippen molar-refractivity contribution in [3.63, 3.8) is 0 Å². The highest BCUT2D eigenvalue weighted by Crippen LogP contribution is 2.31.